The molecule has 0 aliphatic heterocycles. The van der Waals surface area contributed by atoms with Crippen LogP contribution in [0.1, 0.15) is 57.1 Å². The molecule has 0 atom stereocenters. The van der Waals surface area contributed by atoms with Crippen molar-refractivity contribution in [1.82, 2.24) is 0 Å². The van der Waals surface area contributed by atoms with E-state index in [4.69, 9.17) is 4.74 Å². The minimum atomic E-state index is -4.56. The Morgan fingerprint density at radius 3 is 2.21 bits per heavy atom. The average Bonchev–Trinajstić information content (AvgIpc) is 2.60. The van der Waals surface area contributed by atoms with Crippen molar-refractivity contribution in [1.29, 1.82) is 0 Å². The van der Waals surface area contributed by atoms with Crippen LogP contribution in [0.3, 0.4) is 0 Å². The van der Waals surface area contributed by atoms with Gasteiger partial charge in [-0.05, 0) is 61.4 Å². The molecule has 28 heavy (non-hydrogen) atoms. The van der Waals surface area contributed by atoms with Crippen molar-refractivity contribution in [2.24, 2.45) is 5.92 Å². The Kier molecular flexibility index (Phi) is 5.87. The van der Waals surface area contributed by atoms with E-state index >= 15 is 0 Å². The summed E-state index contributed by atoms with van der Waals surface area (Å²) in [5, 5.41) is 0.638. The van der Waals surface area contributed by atoms with Crippen molar-refractivity contribution < 1.29 is 26.7 Å². The molecular weight excluding hydrogens is 375 g/mol. The van der Waals surface area contributed by atoms with Crippen molar-refractivity contribution >= 4 is 10.8 Å². The Morgan fingerprint density at radius 2 is 1.64 bits per heavy atom. The van der Waals surface area contributed by atoms with Gasteiger partial charge in [0, 0.05) is 5.92 Å². The standard InChI is InChI=1S/C22H25F5O/c1-3-4-14-5-11-18-15(13-14)6-12-19(20(18)22(25,26)27)28-17-9-7-16(8-10-17)21(2,23)24/h5-6,11-13,16-17H,3-4,7-10H2,1-2H3/t16-,17-. The molecule has 1 aliphatic rings. The van der Waals surface area contributed by atoms with Gasteiger partial charge in [0.15, 0.2) is 0 Å². The minimum absolute atomic E-state index is 0.110. The van der Waals surface area contributed by atoms with E-state index in [0.717, 1.165) is 25.3 Å². The van der Waals surface area contributed by atoms with Gasteiger partial charge in [0.1, 0.15) is 11.3 Å². The monoisotopic (exact) mass is 400 g/mol. The van der Waals surface area contributed by atoms with Crippen molar-refractivity contribution in [2.45, 2.75) is 70.6 Å². The first-order valence-corrected chi connectivity index (χ1v) is 9.77. The lowest BCUT2D eigenvalue weighted by molar-refractivity contribution is -0.138. The first-order valence-electron chi connectivity index (χ1n) is 9.77. The van der Waals surface area contributed by atoms with E-state index in [0.29, 0.717) is 18.2 Å². The summed E-state index contributed by atoms with van der Waals surface area (Å²) in [7, 11) is 0. The number of ether oxygens (including phenoxy) is 1. The fourth-order valence-corrected chi connectivity index (χ4v) is 4.06. The summed E-state index contributed by atoms with van der Waals surface area (Å²) < 4.78 is 74.1. The second-order valence-electron chi connectivity index (χ2n) is 7.79. The highest BCUT2D eigenvalue weighted by Gasteiger charge is 2.39. The maximum absolute atomic E-state index is 13.8. The molecule has 1 fully saturated rings. The molecule has 1 aliphatic carbocycles. The van der Waals surface area contributed by atoms with Crippen LogP contribution in [0.2, 0.25) is 0 Å². The topological polar surface area (TPSA) is 9.23 Å². The summed E-state index contributed by atoms with van der Waals surface area (Å²) in [5.41, 5.74) is 0.214. The fraction of sp³-hybridized carbons (Fsp3) is 0.545. The van der Waals surface area contributed by atoms with Crippen molar-refractivity contribution in [3.8, 4) is 5.75 Å². The maximum Gasteiger partial charge on any atom is 0.420 e. The summed E-state index contributed by atoms with van der Waals surface area (Å²) in [4.78, 5) is 0. The largest absolute Gasteiger partial charge is 0.490 e. The fourth-order valence-electron chi connectivity index (χ4n) is 4.06. The second-order valence-corrected chi connectivity index (χ2v) is 7.79. The molecule has 2 aromatic carbocycles. The quantitative estimate of drug-likeness (QED) is 0.475. The van der Waals surface area contributed by atoms with Gasteiger partial charge in [0.25, 0.3) is 0 Å². The number of rotatable bonds is 5. The molecule has 6 heteroatoms. The van der Waals surface area contributed by atoms with Gasteiger partial charge >= 0.3 is 6.18 Å². The SMILES string of the molecule is CCCc1ccc2c(C(F)(F)F)c(O[C@H]3CC[C@H](C(C)(F)F)CC3)ccc2c1. The molecule has 0 heterocycles. The van der Waals surface area contributed by atoms with Gasteiger partial charge in [-0.3, -0.25) is 0 Å². The van der Waals surface area contributed by atoms with Crippen LogP contribution >= 0.6 is 0 Å². The third kappa shape index (κ3) is 4.58. The number of benzene rings is 2. The van der Waals surface area contributed by atoms with Crippen molar-refractivity contribution in [2.75, 3.05) is 0 Å². The number of halogens is 5. The molecule has 0 N–H and O–H groups in total. The lowest BCUT2D eigenvalue weighted by Gasteiger charge is -2.32. The lowest BCUT2D eigenvalue weighted by Crippen LogP contribution is -2.33. The summed E-state index contributed by atoms with van der Waals surface area (Å²) in [6, 6.07) is 8.02. The zero-order chi connectivity index (χ0) is 20.5. The molecule has 0 unspecified atom stereocenters. The van der Waals surface area contributed by atoms with Crippen LogP contribution in [0.5, 0.6) is 5.75 Å². The van der Waals surface area contributed by atoms with E-state index in [9.17, 15) is 22.0 Å². The first-order chi connectivity index (χ1) is 13.1. The van der Waals surface area contributed by atoms with Crippen LogP contribution in [0.15, 0.2) is 30.3 Å². The van der Waals surface area contributed by atoms with Gasteiger partial charge in [0.05, 0.1) is 6.10 Å². The average molecular weight is 400 g/mol. The molecule has 0 spiro atoms. The Balaban J connectivity index is 1.88. The van der Waals surface area contributed by atoms with E-state index < -0.39 is 29.7 Å². The van der Waals surface area contributed by atoms with Crippen LogP contribution < -0.4 is 4.74 Å². The Morgan fingerprint density at radius 1 is 0.964 bits per heavy atom. The van der Waals surface area contributed by atoms with Crippen molar-refractivity contribution in [3.63, 3.8) is 0 Å². The number of hydrogen-bond donors (Lipinski definition) is 0. The number of fused-ring (bicyclic) bond motifs is 1. The van der Waals surface area contributed by atoms with Crippen LogP contribution in [-0.4, -0.2) is 12.0 Å². The first kappa shape index (κ1) is 20.9. The zero-order valence-corrected chi connectivity index (χ0v) is 16.1. The Hall–Kier alpha value is -1.85. The predicted octanol–water partition coefficient (Wildman–Crippen LogP) is 7.40. The second kappa shape index (κ2) is 7.88. The highest BCUT2D eigenvalue weighted by molar-refractivity contribution is 5.89. The molecule has 0 bridgehead atoms. The van der Waals surface area contributed by atoms with Crippen LogP contribution in [-0.2, 0) is 12.6 Å². The van der Waals surface area contributed by atoms with Crippen molar-refractivity contribution in [3.05, 3.63) is 41.5 Å². The number of alkyl halides is 5. The highest BCUT2D eigenvalue weighted by Crippen LogP contribution is 2.43. The molecule has 3 rings (SSSR count). The lowest BCUT2D eigenvalue weighted by atomic mass is 9.83. The molecular formula is C22H25F5O. The van der Waals surface area contributed by atoms with E-state index in [2.05, 4.69) is 0 Å². The van der Waals surface area contributed by atoms with E-state index in [1.165, 1.54) is 12.1 Å². The summed E-state index contributed by atoms with van der Waals surface area (Å²) in [6.07, 6.45) is -2.14. The third-order valence-electron chi connectivity index (χ3n) is 5.55. The molecule has 0 saturated heterocycles. The van der Waals surface area contributed by atoms with E-state index in [1.54, 1.807) is 18.2 Å². The Bertz CT molecular complexity index is 814. The summed E-state index contributed by atoms with van der Waals surface area (Å²) in [5.74, 6) is -3.71. The third-order valence-corrected chi connectivity index (χ3v) is 5.55. The predicted molar refractivity (Wildman–Crippen MR) is 99.9 cm³/mol. The van der Waals surface area contributed by atoms with Crippen LogP contribution in [0, 0.1) is 5.92 Å². The summed E-state index contributed by atoms with van der Waals surface area (Å²) in [6.45, 7) is 2.92. The molecule has 154 valence electrons. The van der Waals surface area contributed by atoms with Gasteiger partial charge in [-0.1, -0.05) is 37.6 Å². The zero-order valence-electron chi connectivity index (χ0n) is 16.1. The minimum Gasteiger partial charge on any atom is -0.490 e. The number of aryl methyl sites for hydroxylation is 1. The number of hydrogen-bond acceptors (Lipinski definition) is 1. The molecule has 1 saturated carbocycles. The van der Waals surface area contributed by atoms with Gasteiger partial charge in [-0.2, -0.15) is 13.2 Å². The van der Waals surface area contributed by atoms with E-state index in [1.807, 2.05) is 6.92 Å². The normalized spacial score (nSPS) is 21.1. The molecule has 1 nitrogen and oxygen atoms in total. The molecule has 0 radical (unpaired) electrons. The molecule has 0 amide bonds. The highest BCUT2D eigenvalue weighted by atomic mass is 19.4. The molecule has 2 aromatic rings. The van der Waals surface area contributed by atoms with Gasteiger partial charge < -0.3 is 4.74 Å². The smallest absolute Gasteiger partial charge is 0.420 e. The van der Waals surface area contributed by atoms with E-state index in [-0.39, 0.29) is 24.0 Å². The van der Waals surface area contributed by atoms with Crippen LogP contribution in [0.4, 0.5) is 22.0 Å². The maximum atomic E-state index is 13.8. The summed E-state index contributed by atoms with van der Waals surface area (Å²) >= 11 is 0. The van der Waals surface area contributed by atoms with Gasteiger partial charge in [0.2, 0.25) is 5.92 Å². The van der Waals surface area contributed by atoms with Gasteiger partial charge in [-0.25, -0.2) is 8.78 Å². The molecule has 0 aromatic heterocycles. The Labute approximate surface area is 161 Å². The van der Waals surface area contributed by atoms with Crippen LogP contribution in [0.25, 0.3) is 10.8 Å². The van der Waals surface area contributed by atoms with Gasteiger partial charge in [-0.15, -0.1) is 0 Å².